The largest absolute Gasteiger partial charge is 0.486 e. The number of nitrogens with one attached hydrogen (secondary N) is 1. The minimum Gasteiger partial charge on any atom is -0.486 e. The van der Waals surface area contributed by atoms with E-state index in [0.29, 0.717) is 35.4 Å². The molecule has 0 atom stereocenters. The molecule has 4 rings (SSSR count). The van der Waals surface area contributed by atoms with Gasteiger partial charge in [0.05, 0.1) is 4.91 Å². The predicted molar refractivity (Wildman–Crippen MR) is 110 cm³/mol. The zero-order chi connectivity index (χ0) is 20.4. The van der Waals surface area contributed by atoms with Gasteiger partial charge in [0.1, 0.15) is 19.8 Å². The molecule has 29 heavy (non-hydrogen) atoms. The molecule has 148 valence electrons. The summed E-state index contributed by atoms with van der Waals surface area (Å²) in [6.45, 7) is 0.527. The first-order valence-corrected chi connectivity index (χ1v) is 9.89. The fourth-order valence-electron chi connectivity index (χ4n) is 2.81. The monoisotopic (exact) mass is 430 g/mol. The highest BCUT2D eigenvalue weighted by Gasteiger charge is 2.36. The topological polar surface area (TPSA) is 84.9 Å². The minimum atomic E-state index is -0.507. The van der Waals surface area contributed by atoms with Crippen LogP contribution in [0.1, 0.15) is 5.56 Å². The highest BCUT2D eigenvalue weighted by atomic mass is 35.5. The van der Waals surface area contributed by atoms with Crippen molar-refractivity contribution in [3.63, 3.8) is 0 Å². The van der Waals surface area contributed by atoms with Gasteiger partial charge in [-0.25, -0.2) is 0 Å². The highest BCUT2D eigenvalue weighted by Crippen LogP contribution is 2.34. The first-order valence-electron chi connectivity index (χ1n) is 8.70. The summed E-state index contributed by atoms with van der Waals surface area (Å²) in [7, 11) is 0. The Morgan fingerprint density at radius 2 is 1.83 bits per heavy atom. The molecule has 2 aliphatic heterocycles. The number of carbonyl (C=O) groups is 3. The van der Waals surface area contributed by atoms with Crippen molar-refractivity contribution in [2.75, 3.05) is 25.1 Å². The smallest absolute Gasteiger partial charge is 0.294 e. The second-order valence-corrected chi connectivity index (χ2v) is 7.66. The van der Waals surface area contributed by atoms with Gasteiger partial charge in [-0.1, -0.05) is 23.7 Å². The third kappa shape index (κ3) is 4.38. The number of carbonyl (C=O) groups excluding carboxylic acids is 3. The molecule has 0 spiro atoms. The molecule has 2 aromatic rings. The molecule has 0 aliphatic carbocycles. The van der Waals surface area contributed by atoms with Crippen LogP contribution in [0.25, 0.3) is 6.08 Å². The first kappa shape index (κ1) is 19.4. The molecule has 0 unspecified atom stereocenters. The molecule has 1 fully saturated rings. The Balaban J connectivity index is 1.42. The number of thioether (sulfide) groups is 1. The van der Waals surface area contributed by atoms with E-state index in [0.717, 1.165) is 22.2 Å². The van der Waals surface area contributed by atoms with Crippen LogP contribution in [-0.2, 0) is 9.59 Å². The lowest BCUT2D eigenvalue weighted by molar-refractivity contribution is -0.127. The van der Waals surface area contributed by atoms with Crippen molar-refractivity contribution in [3.05, 3.63) is 58.0 Å². The fraction of sp³-hybridized carbons (Fsp3) is 0.150. The number of amides is 3. The van der Waals surface area contributed by atoms with Gasteiger partial charge in [0, 0.05) is 16.8 Å². The van der Waals surface area contributed by atoms with E-state index in [4.69, 9.17) is 21.1 Å². The molecular weight excluding hydrogens is 416 g/mol. The van der Waals surface area contributed by atoms with Gasteiger partial charge in [-0.05, 0) is 47.7 Å². The number of rotatable bonds is 4. The molecule has 7 nitrogen and oxygen atoms in total. The van der Waals surface area contributed by atoms with Crippen molar-refractivity contribution in [2.24, 2.45) is 0 Å². The Kier molecular flexibility index (Phi) is 5.46. The number of hydrogen-bond donors (Lipinski definition) is 1. The quantitative estimate of drug-likeness (QED) is 0.743. The van der Waals surface area contributed by atoms with Gasteiger partial charge in [0.25, 0.3) is 11.1 Å². The van der Waals surface area contributed by atoms with Crippen LogP contribution in [-0.4, -0.2) is 41.7 Å². The first-order chi connectivity index (χ1) is 14.0. The Labute approximate surface area is 175 Å². The van der Waals surface area contributed by atoms with Crippen LogP contribution >= 0.6 is 23.4 Å². The van der Waals surface area contributed by atoms with Crippen molar-refractivity contribution in [1.29, 1.82) is 0 Å². The lowest BCUT2D eigenvalue weighted by Gasteiger charge is -2.19. The molecule has 0 saturated carbocycles. The SMILES string of the molecule is O=C(CN1C(=O)S/C(=C/c2ccc(Cl)cc2)C1=O)Nc1ccc2c(c1)OCCO2. The zero-order valence-electron chi connectivity index (χ0n) is 15.0. The molecule has 2 heterocycles. The van der Waals surface area contributed by atoms with Gasteiger partial charge in [-0.2, -0.15) is 0 Å². The summed E-state index contributed by atoms with van der Waals surface area (Å²) >= 11 is 6.65. The number of imide groups is 1. The second kappa shape index (κ2) is 8.18. The van der Waals surface area contributed by atoms with Crippen molar-refractivity contribution in [2.45, 2.75) is 0 Å². The lowest BCUT2D eigenvalue weighted by atomic mass is 10.2. The predicted octanol–water partition coefficient (Wildman–Crippen LogP) is 3.79. The highest BCUT2D eigenvalue weighted by molar-refractivity contribution is 8.18. The third-order valence-corrected chi connectivity index (χ3v) is 5.33. The molecule has 0 bridgehead atoms. The van der Waals surface area contributed by atoms with E-state index in [1.807, 2.05) is 0 Å². The molecular formula is C20H15ClN2O5S. The summed E-state index contributed by atoms with van der Waals surface area (Å²) < 4.78 is 10.9. The van der Waals surface area contributed by atoms with Gasteiger partial charge < -0.3 is 14.8 Å². The minimum absolute atomic E-state index is 0.254. The van der Waals surface area contributed by atoms with Crippen LogP contribution in [0.3, 0.4) is 0 Å². The fourth-order valence-corrected chi connectivity index (χ4v) is 3.78. The summed E-state index contributed by atoms with van der Waals surface area (Å²) in [6.07, 6.45) is 1.60. The summed E-state index contributed by atoms with van der Waals surface area (Å²) in [5.41, 5.74) is 1.23. The van der Waals surface area contributed by atoms with Crippen LogP contribution in [0.15, 0.2) is 47.4 Å². The molecule has 9 heteroatoms. The van der Waals surface area contributed by atoms with E-state index in [-0.39, 0.29) is 11.4 Å². The van der Waals surface area contributed by atoms with Crippen molar-refractivity contribution in [1.82, 2.24) is 4.90 Å². The number of benzene rings is 2. The van der Waals surface area contributed by atoms with Crippen molar-refractivity contribution >= 4 is 52.2 Å². The van der Waals surface area contributed by atoms with E-state index < -0.39 is 17.1 Å². The second-order valence-electron chi connectivity index (χ2n) is 6.23. The summed E-state index contributed by atoms with van der Waals surface area (Å²) in [5, 5.41) is 2.75. The number of halogens is 1. The van der Waals surface area contributed by atoms with E-state index >= 15 is 0 Å². The molecule has 1 N–H and O–H groups in total. The Bertz CT molecular complexity index is 1020. The molecule has 2 aromatic carbocycles. The van der Waals surface area contributed by atoms with E-state index in [1.54, 1.807) is 48.5 Å². The average Bonchev–Trinajstić information content (AvgIpc) is 2.97. The molecule has 2 aliphatic rings. The van der Waals surface area contributed by atoms with E-state index in [1.165, 1.54) is 0 Å². The Morgan fingerprint density at radius 1 is 1.10 bits per heavy atom. The summed E-state index contributed by atoms with van der Waals surface area (Å²) in [4.78, 5) is 38.3. The van der Waals surface area contributed by atoms with Crippen LogP contribution < -0.4 is 14.8 Å². The van der Waals surface area contributed by atoms with Crippen LogP contribution in [0.4, 0.5) is 10.5 Å². The maximum atomic E-state index is 12.5. The van der Waals surface area contributed by atoms with Crippen molar-refractivity contribution in [3.8, 4) is 11.5 Å². The van der Waals surface area contributed by atoms with Gasteiger partial charge >= 0.3 is 0 Å². The molecule has 3 amide bonds. The van der Waals surface area contributed by atoms with Gasteiger partial charge in [-0.15, -0.1) is 0 Å². The van der Waals surface area contributed by atoms with Gasteiger partial charge in [0.15, 0.2) is 11.5 Å². The van der Waals surface area contributed by atoms with Gasteiger partial charge in [0.2, 0.25) is 5.91 Å². The van der Waals surface area contributed by atoms with Crippen LogP contribution in [0, 0.1) is 0 Å². The number of ether oxygens (including phenoxy) is 2. The zero-order valence-corrected chi connectivity index (χ0v) is 16.6. The normalized spacial score (nSPS) is 17.0. The number of hydrogen-bond acceptors (Lipinski definition) is 6. The van der Waals surface area contributed by atoms with Crippen LogP contribution in [0.2, 0.25) is 5.02 Å². The Morgan fingerprint density at radius 3 is 2.59 bits per heavy atom. The van der Waals surface area contributed by atoms with E-state index in [2.05, 4.69) is 5.32 Å². The molecule has 1 saturated heterocycles. The number of nitrogens with zero attached hydrogens (tertiary/aromatic N) is 1. The summed E-state index contributed by atoms with van der Waals surface area (Å²) in [5.74, 6) is 0.141. The third-order valence-electron chi connectivity index (χ3n) is 4.17. The number of fused-ring (bicyclic) bond motifs is 1. The van der Waals surface area contributed by atoms with Gasteiger partial charge in [-0.3, -0.25) is 19.3 Å². The van der Waals surface area contributed by atoms with E-state index in [9.17, 15) is 14.4 Å². The lowest BCUT2D eigenvalue weighted by Crippen LogP contribution is -2.36. The Hall–Kier alpha value is -2.97. The average molecular weight is 431 g/mol. The summed E-state index contributed by atoms with van der Waals surface area (Å²) in [6, 6.07) is 11.9. The standard InChI is InChI=1S/C20H15ClN2O5S/c21-13-3-1-12(2-4-13)9-17-19(25)23(20(26)29-17)11-18(24)22-14-5-6-15-16(10-14)28-8-7-27-15/h1-6,9-10H,7-8,11H2,(H,22,24)/b17-9+. The number of anilines is 1. The molecule has 0 radical (unpaired) electrons. The maximum absolute atomic E-state index is 12.5. The molecule has 0 aromatic heterocycles. The maximum Gasteiger partial charge on any atom is 0.294 e. The van der Waals surface area contributed by atoms with Crippen molar-refractivity contribution < 1.29 is 23.9 Å². The van der Waals surface area contributed by atoms with Crippen LogP contribution in [0.5, 0.6) is 11.5 Å².